The van der Waals surface area contributed by atoms with E-state index in [2.05, 4.69) is 21.0 Å². The van der Waals surface area contributed by atoms with E-state index in [9.17, 15) is 4.79 Å². The molecule has 0 saturated carbocycles. The summed E-state index contributed by atoms with van der Waals surface area (Å²) in [5.41, 5.74) is 2.50. The number of nitrogens with zero attached hydrogens (tertiary/aromatic N) is 3. The molecule has 0 fully saturated rings. The maximum absolute atomic E-state index is 12.2. The van der Waals surface area contributed by atoms with Gasteiger partial charge < -0.3 is 4.74 Å². The van der Waals surface area contributed by atoms with Gasteiger partial charge in [0.1, 0.15) is 5.75 Å². The van der Waals surface area contributed by atoms with Crippen LogP contribution in [0.5, 0.6) is 5.75 Å². The summed E-state index contributed by atoms with van der Waals surface area (Å²) >= 11 is 9.56. The largest absolute Gasteiger partial charge is 0.482 e. The van der Waals surface area contributed by atoms with E-state index in [1.165, 1.54) is 0 Å². The molecule has 0 spiro atoms. The number of rotatable bonds is 2. The Morgan fingerprint density at radius 1 is 1.48 bits per heavy atom. The molecule has 5 nitrogen and oxygen atoms in total. The highest BCUT2D eigenvalue weighted by Crippen LogP contribution is 2.36. The van der Waals surface area contributed by atoms with E-state index in [1.54, 1.807) is 27.8 Å². The number of amides is 1. The molecule has 0 bridgehead atoms. The van der Waals surface area contributed by atoms with Gasteiger partial charge in [0.25, 0.3) is 5.91 Å². The Hall–Kier alpha value is -1.53. The monoisotopic (exact) mass is 369 g/mol. The third-order valence-corrected chi connectivity index (χ3v) is 4.70. The van der Waals surface area contributed by atoms with Gasteiger partial charge in [0, 0.05) is 12.1 Å². The van der Waals surface area contributed by atoms with E-state index in [0.717, 1.165) is 15.9 Å². The lowest BCUT2D eigenvalue weighted by Crippen LogP contribution is -2.38. The SMILES string of the molecule is Cc1nn(C)c(CN2C(=O)COc3ccc(Cl)cc32)c1Br. The summed E-state index contributed by atoms with van der Waals surface area (Å²) in [6.45, 7) is 2.36. The second kappa shape index (κ2) is 5.35. The topological polar surface area (TPSA) is 47.4 Å². The van der Waals surface area contributed by atoms with Crippen molar-refractivity contribution in [2.45, 2.75) is 13.5 Å². The van der Waals surface area contributed by atoms with Crippen LogP contribution < -0.4 is 9.64 Å². The number of carbonyl (C=O) groups is 1. The molecule has 1 amide bonds. The Balaban J connectivity index is 2.02. The molecule has 2 heterocycles. The zero-order valence-corrected chi connectivity index (χ0v) is 13.9. The lowest BCUT2D eigenvalue weighted by Gasteiger charge is -2.29. The minimum Gasteiger partial charge on any atom is -0.482 e. The van der Waals surface area contributed by atoms with Crippen molar-refractivity contribution in [2.24, 2.45) is 7.05 Å². The van der Waals surface area contributed by atoms with Gasteiger partial charge in [0.05, 0.1) is 28.1 Å². The van der Waals surface area contributed by atoms with E-state index in [1.807, 2.05) is 14.0 Å². The molecule has 0 N–H and O–H groups in total. The van der Waals surface area contributed by atoms with Crippen molar-refractivity contribution in [3.63, 3.8) is 0 Å². The number of benzene rings is 1. The van der Waals surface area contributed by atoms with Gasteiger partial charge in [-0.1, -0.05) is 11.6 Å². The fraction of sp³-hybridized carbons (Fsp3) is 0.286. The first-order valence-electron chi connectivity index (χ1n) is 6.38. The van der Waals surface area contributed by atoms with Gasteiger partial charge in [-0.15, -0.1) is 0 Å². The minimum absolute atomic E-state index is 0.0308. The van der Waals surface area contributed by atoms with Crippen LogP contribution in [-0.4, -0.2) is 22.3 Å². The van der Waals surface area contributed by atoms with Gasteiger partial charge in [-0.25, -0.2) is 0 Å². The molecule has 0 aliphatic carbocycles. The first-order chi connectivity index (χ1) is 9.97. The summed E-state index contributed by atoms with van der Waals surface area (Å²) in [7, 11) is 1.86. The van der Waals surface area contributed by atoms with Crippen molar-refractivity contribution in [2.75, 3.05) is 11.5 Å². The van der Waals surface area contributed by atoms with Crippen molar-refractivity contribution in [3.05, 3.63) is 39.1 Å². The van der Waals surface area contributed by atoms with E-state index >= 15 is 0 Å². The van der Waals surface area contributed by atoms with E-state index in [0.29, 0.717) is 23.0 Å². The standard InChI is InChI=1S/C14H13BrClN3O2/c1-8-14(15)11(18(2)17-8)6-19-10-5-9(16)3-4-12(10)21-7-13(19)20/h3-5H,6-7H2,1-2H3. The Labute approximate surface area is 135 Å². The van der Waals surface area contributed by atoms with E-state index in [-0.39, 0.29) is 12.5 Å². The Bertz CT molecular complexity index is 729. The third kappa shape index (κ3) is 2.53. The molecule has 110 valence electrons. The number of aryl methyl sites for hydroxylation is 2. The van der Waals surface area contributed by atoms with Crippen molar-refractivity contribution in [3.8, 4) is 5.75 Å². The first kappa shape index (κ1) is 14.4. The normalized spacial score (nSPS) is 14.1. The molecule has 1 aliphatic heterocycles. The first-order valence-corrected chi connectivity index (χ1v) is 7.55. The summed E-state index contributed by atoms with van der Waals surface area (Å²) in [4.78, 5) is 13.9. The highest BCUT2D eigenvalue weighted by molar-refractivity contribution is 9.10. The number of ether oxygens (including phenoxy) is 1. The zero-order chi connectivity index (χ0) is 15.1. The third-order valence-electron chi connectivity index (χ3n) is 3.43. The summed E-state index contributed by atoms with van der Waals surface area (Å²) in [5.74, 6) is 0.560. The van der Waals surface area contributed by atoms with Gasteiger partial charge in [-0.3, -0.25) is 14.4 Å². The maximum atomic E-state index is 12.2. The minimum atomic E-state index is -0.101. The van der Waals surface area contributed by atoms with Gasteiger partial charge in [-0.05, 0) is 41.1 Å². The summed E-state index contributed by atoms with van der Waals surface area (Å²) < 4.78 is 8.12. The molecule has 0 unspecified atom stereocenters. The number of halogens is 2. The maximum Gasteiger partial charge on any atom is 0.265 e. The molecule has 0 atom stereocenters. The number of hydrogen-bond donors (Lipinski definition) is 0. The molecule has 1 aromatic heterocycles. The Morgan fingerprint density at radius 2 is 2.24 bits per heavy atom. The highest BCUT2D eigenvalue weighted by atomic mass is 79.9. The molecule has 0 saturated heterocycles. The van der Waals surface area contributed by atoms with Crippen LogP contribution in [0.4, 0.5) is 5.69 Å². The fourth-order valence-electron chi connectivity index (χ4n) is 2.35. The second-order valence-corrected chi connectivity index (χ2v) is 6.08. The molecule has 7 heteroatoms. The number of carbonyl (C=O) groups excluding carboxylic acids is 1. The van der Waals surface area contributed by atoms with Crippen LogP contribution in [0.1, 0.15) is 11.4 Å². The van der Waals surface area contributed by atoms with Crippen LogP contribution in [0.25, 0.3) is 0 Å². The number of anilines is 1. The smallest absolute Gasteiger partial charge is 0.265 e. The molecule has 1 aromatic carbocycles. The average Bonchev–Trinajstić information content (AvgIpc) is 2.68. The van der Waals surface area contributed by atoms with Crippen molar-refractivity contribution in [1.82, 2.24) is 9.78 Å². The predicted molar refractivity (Wildman–Crippen MR) is 83.8 cm³/mol. The molecule has 21 heavy (non-hydrogen) atoms. The molecule has 2 aromatic rings. The Morgan fingerprint density at radius 3 is 2.90 bits per heavy atom. The quantitative estimate of drug-likeness (QED) is 0.816. The van der Waals surface area contributed by atoms with E-state index in [4.69, 9.17) is 16.3 Å². The van der Waals surface area contributed by atoms with Crippen LogP contribution in [0.3, 0.4) is 0 Å². The van der Waals surface area contributed by atoms with Crippen molar-refractivity contribution in [1.29, 1.82) is 0 Å². The number of aromatic nitrogens is 2. The van der Waals surface area contributed by atoms with Gasteiger partial charge in [-0.2, -0.15) is 5.10 Å². The van der Waals surface area contributed by atoms with Crippen LogP contribution in [-0.2, 0) is 18.4 Å². The molecular formula is C14H13BrClN3O2. The second-order valence-electron chi connectivity index (χ2n) is 4.85. The number of hydrogen-bond acceptors (Lipinski definition) is 3. The summed E-state index contributed by atoms with van der Waals surface area (Å²) in [6, 6.07) is 5.27. The van der Waals surface area contributed by atoms with Gasteiger partial charge >= 0.3 is 0 Å². The number of fused-ring (bicyclic) bond motifs is 1. The molecule has 1 aliphatic rings. The zero-order valence-electron chi connectivity index (χ0n) is 11.6. The lowest BCUT2D eigenvalue weighted by atomic mass is 10.2. The van der Waals surface area contributed by atoms with Crippen molar-refractivity contribution >= 4 is 39.1 Å². The van der Waals surface area contributed by atoms with Crippen LogP contribution in [0.2, 0.25) is 5.02 Å². The molecular weight excluding hydrogens is 358 g/mol. The van der Waals surface area contributed by atoms with Gasteiger partial charge in [0.15, 0.2) is 6.61 Å². The Kier molecular flexibility index (Phi) is 3.67. The van der Waals surface area contributed by atoms with Crippen molar-refractivity contribution < 1.29 is 9.53 Å². The van der Waals surface area contributed by atoms with Gasteiger partial charge in [0.2, 0.25) is 0 Å². The molecule has 3 rings (SSSR count). The summed E-state index contributed by atoms with van der Waals surface area (Å²) in [6.07, 6.45) is 0. The van der Waals surface area contributed by atoms with Crippen LogP contribution in [0, 0.1) is 6.92 Å². The lowest BCUT2D eigenvalue weighted by molar-refractivity contribution is -0.121. The predicted octanol–water partition coefficient (Wildman–Crippen LogP) is 3.07. The van der Waals surface area contributed by atoms with Crippen LogP contribution >= 0.6 is 27.5 Å². The van der Waals surface area contributed by atoms with E-state index < -0.39 is 0 Å². The summed E-state index contributed by atoms with van der Waals surface area (Å²) in [5, 5.41) is 4.92. The molecule has 0 radical (unpaired) electrons. The highest BCUT2D eigenvalue weighted by Gasteiger charge is 2.27. The van der Waals surface area contributed by atoms with Crippen LogP contribution in [0.15, 0.2) is 22.7 Å². The fourth-order valence-corrected chi connectivity index (χ4v) is 2.98. The average molecular weight is 371 g/mol.